The average molecular weight is 303 g/mol. The molecule has 1 N–H and O–H groups in total. The van der Waals surface area contributed by atoms with Gasteiger partial charge in [-0.15, -0.1) is 0 Å². The number of benzene rings is 1. The molecule has 0 unspecified atom stereocenters. The van der Waals surface area contributed by atoms with Gasteiger partial charge in [0.25, 0.3) is 5.91 Å². The van der Waals surface area contributed by atoms with Crippen LogP contribution in [0.25, 0.3) is 0 Å². The van der Waals surface area contributed by atoms with Gasteiger partial charge in [-0.05, 0) is 37.0 Å². The van der Waals surface area contributed by atoms with Gasteiger partial charge in [-0.1, -0.05) is 31.9 Å². The van der Waals surface area contributed by atoms with Crippen LogP contribution in [0, 0.1) is 5.92 Å². The first-order chi connectivity index (χ1) is 10.7. The molecule has 0 bridgehead atoms. The highest BCUT2D eigenvalue weighted by molar-refractivity contribution is 5.94. The second-order valence-electron chi connectivity index (χ2n) is 5.68. The first-order valence-electron chi connectivity index (χ1n) is 7.94. The number of carbonyl (C=O) groups is 1. The van der Waals surface area contributed by atoms with Crippen LogP contribution in [0.1, 0.15) is 42.5 Å². The topological polar surface area (TPSA) is 47.6 Å². The number of amides is 1. The summed E-state index contributed by atoms with van der Waals surface area (Å²) in [6, 6.07) is 5.24. The molecule has 4 nitrogen and oxygen atoms in total. The van der Waals surface area contributed by atoms with Crippen molar-refractivity contribution in [2.24, 2.45) is 5.92 Å². The summed E-state index contributed by atoms with van der Waals surface area (Å²) in [4.78, 5) is 12.3. The highest BCUT2D eigenvalue weighted by atomic mass is 16.5. The molecule has 1 saturated carbocycles. The smallest absolute Gasteiger partial charge is 0.251 e. The van der Waals surface area contributed by atoms with Crippen molar-refractivity contribution >= 4 is 5.91 Å². The molecule has 1 aromatic rings. The van der Waals surface area contributed by atoms with Crippen LogP contribution in [0.15, 0.2) is 30.9 Å². The fourth-order valence-electron chi connectivity index (χ4n) is 2.81. The summed E-state index contributed by atoms with van der Waals surface area (Å²) < 4.78 is 10.8. The Labute approximate surface area is 132 Å². The Bertz CT molecular complexity index is 507. The summed E-state index contributed by atoms with van der Waals surface area (Å²) in [7, 11) is 1.57. The molecule has 1 aromatic carbocycles. The fourth-order valence-corrected chi connectivity index (χ4v) is 2.81. The van der Waals surface area contributed by atoms with E-state index >= 15 is 0 Å². The number of rotatable bonds is 7. The van der Waals surface area contributed by atoms with Crippen molar-refractivity contribution in [2.75, 3.05) is 20.3 Å². The summed E-state index contributed by atoms with van der Waals surface area (Å²) in [6.07, 6.45) is 8.00. The number of carbonyl (C=O) groups excluding carboxylic acids is 1. The zero-order chi connectivity index (χ0) is 15.8. The van der Waals surface area contributed by atoms with Crippen molar-refractivity contribution in [1.29, 1.82) is 0 Å². The average Bonchev–Trinajstić information content (AvgIpc) is 2.58. The fraction of sp³-hybridized carbons (Fsp3) is 0.500. The lowest BCUT2D eigenvalue weighted by atomic mass is 9.89. The molecule has 1 amide bonds. The van der Waals surface area contributed by atoms with Gasteiger partial charge < -0.3 is 14.8 Å². The maximum absolute atomic E-state index is 12.3. The highest BCUT2D eigenvalue weighted by Gasteiger charge is 2.16. The van der Waals surface area contributed by atoms with Crippen molar-refractivity contribution in [3.63, 3.8) is 0 Å². The zero-order valence-corrected chi connectivity index (χ0v) is 13.3. The Kier molecular flexibility index (Phi) is 6.31. The van der Waals surface area contributed by atoms with E-state index in [9.17, 15) is 4.79 Å². The molecular weight excluding hydrogens is 278 g/mol. The van der Waals surface area contributed by atoms with E-state index in [1.54, 1.807) is 31.4 Å². The molecule has 120 valence electrons. The molecule has 22 heavy (non-hydrogen) atoms. The molecule has 4 heteroatoms. The lowest BCUT2D eigenvalue weighted by Crippen LogP contribution is -2.30. The van der Waals surface area contributed by atoms with E-state index in [0.29, 0.717) is 29.6 Å². The van der Waals surface area contributed by atoms with E-state index in [2.05, 4.69) is 11.9 Å². The van der Waals surface area contributed by atoms with E-state index in [1.807, 2.05) is 0 Å². The monoisotopic (exact) mass is 303 g/mol. The van der Waals surface area contributed by atoms with Gasteiger partial charge in [0.05, 0.1) is 7.11 Å². The minimum Gasteiger partial charge on any atom is -0.493 e. The second kappa shape index (κ2) is 8.47. The quantitative estimate of drug-likeness (QED) is 0.783. The van der Waals surface area contributed by atoms with E-state index in [1.165, 1.54) is 32.1 Å². The number of nitrogens with one attached hydrogen (secondary N) is 1. The third kappa shape index (κ3) is 4.52. The predicted molar refractivity (Wildman–Crippen MR) is 87.6 cm³/mol. The lowest BCUT2D eigenvalue weighted by molar-refractivity contribution is 0.0943. The van der Waals surface area contributed by atoms with Gasteiger partial charge >= 0.3 is 0 Å². The number of hydrogen-bond donors (Lipinski definition) is 1. The van der Waals surface area contributed by atoms with Crippen LogP contribution in [0.2, 0.25) is 0 Å². The van der Waals surface area contributed by atoms with Crippen molar-refractivity contribution in [3.05, 3.63) is 36.4 Å². The van der Waals surface area contributed by atoms with Gasteiger partial charge in [0.1, 0.15) is 6.61 Å². The van der Waals surface area contributed by atoms with Gasteiger partial charge in [-0.2, -0.15) is 0 Å². The SMILES string of the molecule is C=CCOc1ccc(C(=O)NCC2CCCCC2)cc1OC. The van der Waals surface area contributed by atoms with E-state index in [4.69, 9.17) is 9.47 Å². The van der Waals surface area contributed by atoms with Crippen LogP contribution < -0.4 is 14.8 Å². The first-order valence-corrected chi connectivity index (χ1v) is 7.94. The standard InChI is InChI=1S/C18H25NO3/c1-3-11-22-16-10-9-15(12-17(16)21-2)18(20)19-13-14-7-5-4-6-8-14/h3,9-10,12,14H,1,4-8,11,13H2,2H3,(H,19,20). The molecule has 0 spiro atoms. The molecule has 1 fully saturated rings. The molecule has 0 aromatic heterocycles. The molecule has 0 saturated heterocycles. The molecule has 0 heterocycles. The number of methoxy groups -OCH3 is 1. The normalized spacial score (nSPS) is 15.1. The van der Waals surface area contributed by atoms with Gasteiger partial charge in [-0.3, -0.25) is 4.79 Å². The van der Waals surface area contributed by atoms with E-state index in [-0.39, 0.29) is 5.91 Å². The molecular formula is C18H25NO3. The van der Waals surface area contributed by atoms with Crippen LogP contribution in [-0.2, 0) is 0 Å². The van der Waals surface area contributed by atoms with Crippen LogP contribution in [0.3, 0.4) is 0 Å². The maximum atomic E-state index is 12.3. The van der Waals surface area contributed by atoms with Crippen molar-refractivity contribution in [3.8, 4) is 11.5 Å². The lowest BCUT2D eigenvalue weighted by Gasteiger charge is -2.21. The maximum Gasteiger partial charge on any atom is 0.251 e. The summed E-state index contributed by atoms with van der Waals surface area (Å²) in [6.45, 7) is 4.78. The van der Waals surface area contributed by atoms with Crippen molar-refractivity contribution in [2.45, 2.75) is 32.1 Å². The van der Waals surface area contributed by atoms with Gasteiger partial charge in [0.15, 0.2) is 11.5 Å². The van der Waals surface area contributed by atoms with Crippen molar-refractivity contribution < 1.29 is 14.3 Å². The Morgan fingerprint density at radius 1 is 1.32 bits per heavy atom. The van der Waals surface area contributed by atoms with Crippen LogP contribution in [-0.4, -0.2) is 26.2 Å². The molecule has 1 aliphatic carbocycles. The third-order valence-corrected chi connectivity index (χ3v) is 4.06. The van der Waals surface area contributed by atoms with Crippen LogP contribution in [0.5, 0.6) is 11.5 Å². The highest BCUT2D eigenvalue weighted by Crippen LogP contribution is 2.28. The molecule has 0 atom stereocenters. The Morgan fingerprint density at radius 2 is 2.09 bits per heavy atom. The van der Waals surface area contributed by atoms with Gasteiger partial charge in [0, 0.05) is 12.1 Å². The van der Waals surface area contributed by atoms with Crippen LogP contribution >= 0.6 is 0 Å². The van der Waals surface area contributed by atoms with Crippen molar-refractivity contribution in [1.82, 2.24) is 5.32 Å². The Balaban J connectivity index is 1.95. The number of ether oxygens (including phenoxy) is 2. The van der Waals surface area contributed by atoms with Crippen LogP contribution in [0.4, 0.5) is 0 Å². The van der Waals surface area contributed by atoms with E-state index in [0.717, 1.165) is 6.54 Å². The largest absolute Gasteiger partial charge is 0.493 e. The predicted octanol–water partition coefficient (Wildman–Crippen LogP) is 3.57. The molecule has 1 aliphatic rings. The summed E-state index contributed by atoms with van der Waals surface area (Å²) >= 11 is 0. The summed E-state index contributed by atoms with van der Waals surface area (Å²) in [5.74, 6) is 1.74. The zero-order valence-electron chi connectivity index (χ0n) is 13.3. The third-order valence-electron chi connectivity index (χ3n) is 4.06. The Morgan fingerprint density at radius 3 is 2.77 bits per heavy atom. The minimum atomic E-state index is -0.0563. The summed E-state index contributed by atoms with van der Waals surface area (Å²) in [5.41, 5.74) is 0.596. The molecule has 0 radical (unpaired) electrons. The summed E-state index contributed by atoms with van der Waals surface area (Å²) in [5, 5.41) is 3.03. The molecule has 0 aliphatic heterocycles. The Hall–Kier alpha value is -1.97. The second-order valence-corrected chi connectivity index (χ2v) is 5.68. The molecule has 2 rings (SSSR count). The van der Waals surface area contributed by atoms with E-state index < -0.39 is 0 Å². The number of hydrogen-bond acceptors (Lipinski definition) is 3. The first kappa shape index (κ1) is 16.4. The minimum absolute atomic E-state index is 0.0563. The van der Waals surface area contributed by atoms with Gasteiger partial charge in [0.2, 0.25) is 0 Å². The van der Waals surface area contributed by atoms with Gasteiger partial charge in [-0.25, -0.2) is 0 Å².